The summed E-state index contributed by atoms with van der Waals surface area (Å²) < 4.78 is 0. The Bertz CT molecular complexity index is 323. The summed E-state index contributed by atoms with van der Waals surface area (Å²) in [6.45, 7) is 1.72. The summed E-state index contributed by atoms with van der Waals surface area (Å²) in [4.78, 5) is 11.8. The van der Waals surface area contributed by atoms with Crippen molar-refractivity contribution in [2.75, 3.05) is 13.1 Å². The Balaban J connectivity index is 0.00000144. The van der Waals surface area contributed by atoms with Crippen molar-refractivity contribution >= 4 is 29.7 Å². The molecule has 1 aliphatic rings. The second-order valence-electron chi connectivity index (χ2n) is 4.18. The van der Waals surface area contributed by atoms with Crippen LogP contribution in [0.2, 0.25) is 0 Å². The van der Waals surface area contributed by atoms with Gasteiger partial charge in [-0.3, -0.25) is 4.79 Å². The number of piperidine rings is 1. The number of rotatable bonds is 4. The molecule has 0 bridgehead atoms. The fourth-order valence-electron chi connectivity index (χ4n) is 1.96. The van der Waals surface area contributed by atoms with E-state index in [4.69, 9.17) is 0 Å². The van der Waals surface area contributed by atoms with Crippen molar-refractivity contribution in [3.63, 3.8) is 0 Å². The number of halogens is 1. The quantitative estimate of drug-likeness (QED) is 0.881. The second kappa shape index (κ2) is 7.69. The highest BCUT2D eigenvalue weighted by atomic mass is 35.5. The molecule has 0 aromatic carbocycles. The molecular weight excluding hydrogens is 256 g/mol. The lowest BCUT2D eigenvalue weighted by molar-refractivity contribution is -0.123. The number of carbonyl (C=O) groups excluding carboxylic acids is 1. The number of carbonyl (C=O) groups is 1. The van der Waals surface area contributed by atoms with E-state index >= 15 is 0 Å². The zero-order valence-electron chi connectivity index (χ0n) is 9.78. The van der Waals surface area contributed by atoms with Crippen LogP contribution in [0.5, 0.6) is 0 Å². The molecule has 96 valence electrons. The van der Waals surface area contributed by atoms with Gasteiger partial charge in [0, 0.05) is 6.54 Å². The Morgan fingerprint density at radius 2 is 2.41 bits per heavy atom. The molecule has 2 heterocycles. The zero-order valence-corrected chi connectivity index (χ0v) is 11.4. The van der Waals surface area contributed by atoms with E-state index in [9.17, 15) is 4.79 Å². The number of nitrogens with one attached hydrogen (secondary N) is 2. The first kappa shape index (κ1) is 14.5. The van der Waals surface area contributed by atoms with Gasteiger partial charge in [0.2, 0.25) is 5.91 Å². The highest BCUT2D eigenvalue weighted by molar-refractivity contribution is 7.07. The van der Waals surface area contributed by atoms with E-state index < -0.39 is 0 Å². The largest absolute Gasteiger partial charge is 0.354 e. The van der Waals surface area contributed by atoms with Crippen LogP contribution in [0.4, 0.5) is 0 Å². The van der Waals surface area contributed by atoms with Crippen molar-refractivity contribution in [3.05, 3.63) is 22.4 Å². The molecule has 1 amide bonds. The Morgan fingerprint density at radius 3 is 3.06 bits per heavy atom. The number of thiophene rings is 1. The number of hydrogen-bond acceptors (Lipinski definition) is 3. The fourth-order valence-corrected chi connectivity index (χ4v) is 2.67. The summed E-state index contributed by atoms with van der Waals surface area (Å²) >= 11 is 1.70. The summed E-state index contributed by atoms with van der Waals surface area (Å²) in [5.41, 5.74) is 1.31. The standard InChI is InChI=1S/C12H18N2OS.ClH/c15-12(11-3-1-2-6-13-11)14-7-4-10-5-8-16-9-10;/h5,8-9,11,13H,1-4,6-7H2,(H,14,15);1H. The topological polar surface area (TPSA) is 41.1 Å². The van der Waals surface area contributed by atoms with Crippen LogP contribution in [0.15, 0.2) is 16.8 Å². The van der Waals surface area contributed by atoms with E-state index in [-0.39, 0.29) is 24.4 Å². The monoisotopic (exact) mass is 274 g/mol. The molecule has 2 N–H and O–H groups in total. The summed E-state index contributed by atoms with van der Waals surface area (Å²) in [5.74, 6) is 0.162. The van der Waals surface area contributed by atoms with E-state index in [2.05, 4.69) is 27.5 Å². The van der Waals surface area contributed by atoms with E-state index in [1.807, 2.05) is 0 Å². The molecule has 0 spiro atoms. The van der Waals surface area contributed by atoms with Crippen LogP contribution in [0, 0.1) is 0 Å². The van der Waals surface area contributed by atoms with Crippen LogP contribution in [0.3, 0.4) is 0 Å². The molecule has 1 aromatic heterocycles. The predicted molar refractivity (Wildman–Crippen MR) is 73.9 cm³/mol. The summed E-state index contributed by atoms with van der Waals surface area (Å²) in [6.07, 6.45) is 4.26. The van der Waals surface area contributed by atoms with Crippen LogP contribution in [-0.2, 0) is 11.2 Å². The molecule has 1 saturated heterocycles. The zero-order chi connectivity index (χ0) is 11.2. The smallest absolute Gasteiger partial charge is 0.237 e. The average Bonchev–Trinajstić information content (AvgIpc) is 2.83. The molecule has 1 unspecified atom stereocenters. The highest BCUT2D eigenvalue weighted by Gasteiger charge is 2.19. The lowest BCUT2D eigenvalue weighted by atomic mass is 10.0. The molecule has 1 atom stereocenters. The van der Waals surface area contributed by atoms with Gasteiger partial charge in [-0.25, -0.2) is 0 Å². The van der Waals surface area contributed by atoms with E-state index in [1.165, 1.54) is 12.0 Å². The Hall–Kier alpha value is -0.580. The molecule has 0 radical (unpaired) electrons. The first-order valence-corrected chi connectivity index (χ1v) is 6.83. The maximum atomic E-state index is 11.8. The van der Waals surface area contributed by atoms with Gasteiger partial charge in [0.15, 0.2) is 0 Å². The van der Waals surface area contributed by atoms with Gasteiger partial charge < -0.3 is 10.6 Å². The maximum absolute atomic E-state index is 11.8. The number of hydrogen-bond donors (Lipinski definition) is 2. The molecule has 17 heavy (non-hydrogen) atoms. The fraction of sp³-hybridized carbons (Fsp3) is 0.583. The molecule has 1 fully saturated rings. The second-order valence-corrected chi connectivity index (χ2v) is 4.96. The van der Waals surface area contributed by atoms with Crippen molar-refractivity contribution in [1.82, 2.24) is 10.6 Å². The van der Waals surface area contributed by atoms with Crippen molar-refractivity contribution in [3.8, 4) is 0 Å². The molecule has 3 nitrogen and oxygen atoms in total. The van der Waals surface area contributed by atoms with Crippen LogP contribution in [-0.4, -0.2) is 25.0 Å². The van der Waals surface area contributed by atoms with Crippen molar-refractivity contribution in [1.29, 1.82) is 0 Å². The Morgan fingerprint density at radius 1 is 1.53 bits per heavy atom. The minimum atomic E-state index is 0. The van der Waals surface area contributed by atoms with Crippen LogP contribution >= 0.6 is 23.7 Å². The lowest BCUT2D eigenvalue weighted by Crippen LogP contribution is -2.47. The third-order valence-corrected chi connectivity index (χ3v) is 3.65. The summed E-state index contributed by atoms with van der Waals surface area (Å²) in [7, 11) is 0. The van der Waals surface area contributed by atoms with Gasteiger partial charge in [-0.15, -0.1) is 12.4 Å². The Kier molecular flexibility index (Phi) is 6.55. The Labute approximate surface area is 112 Å². The first-order valence-electron chi connectivity index (χ1n) is 5.88. The van der Waals surface area contributed by atoms with Gasteiger partial charge in [0.05, 0.1) is 6.04 Å². The van der Waals surface area contributed by atoms with Crippen molar-refractivity contribution in [2.24, 2.45) is 0 Å². The van der Waals surface area contributed by atoms with Gasteiger partial charge >= 0.3 is 0 Å². The van der Waals surface area contributed by atoms with Crippen molar-refractivity contribution < 1.29 is 4.79 Å². The van der Waals surface area contributed by atoms with Crippen LogP contribution in [0.1, 0.15) is 24.8 Å². The van der Waals surface area contributed by atoms with Crippen molar-refractivity contribution in [2.45, 2.75) is 31.7 Å². The highest BCUT2D eigenvalue weighted by Crippen LogP contribution is 2.08. The molecule has 1 aliphatic heterocycles. The average molecular weight is 275 g/mol. The summed E-state index contributed by atoms with van der Waals surface area (Å²) in [6, 6.07) is 2.14. The van der Waals surface area contributed by atoms with Gasteiger partial charge in [-0.2, -0.15) is 11.3 Å². The van der Waals surface area contributed by atoms with E-state index in [1.54, 1.807) is 11.3 Å². The van der Waals surface area contributed by atoms with Gasteiger partial charge in [0.1, 0.15) is 0 Å². The third kappa shape index (κ3) is 4.66. The SMILES string of the molecule is Cl.O=C(NCCc1ccsc1)C1CCCCN1. The van der Waals surface area contributed by atoms with E-state index in [0.717, 1.165) is 32.4 Å². The maximum Gasteiger partial charge on any atom is 0.237 e. The predicted octanol–water partition coefficient (Wildman–Crippen LogP) is 1.97. The molecule has 0 saturated carbocycles. The molecule has 2 rings (SSSR count). The summed E-state index contributed by atoms with van der Waals surface area (Å²) in [5, 5.41) is 10.4. The normalized spacial score (nSPS) is 19.4. The van der Waals surface area contributed by atoms with Gasteiger partial charge in [0.25, 0.3) is 0 Å². The first-order chi connectivity index (χ1) is 7.86. The van der Waals surface area contributed by atoms with Gasteiger partial charge in [-0.05, 0) is 48.2 Å². The minimum absolute atomic E-state index is 0. The third-order valence-electron chi connectivity index (χ3n) is 2.92. The molecular formula is C12H19ClN2OS. The molecule has 5 heteroatoms. The van der Waals surface area contributed by atoms with Crippen LogP contribution < -0.4 is 10.6 Å². The lowest BCUT2D eigenvalue weighted by Gasteiger charge is -2.22. The molecule has 0 aliphatic carbocycles. The van der Waals surface area contributed by atoms with Gasteiger partial charge in [-0.1, -0.05) is 6.42 Å². The van der Waals surface area contributed by atoms with E-state index in [0.29, 0.717) is 0 Å². The van der Waals surface area contributed by atoms with Crippen LogP contribution in [0.25, 0.3) is 0 Å². The minimum Gasteiger partial charge on any atom is -0.354 e. The molecule has 1 aromatic rings. The number of amides is 1.